The second-order valence-corrected chi connectivity index (χ2v) is 7.13. The molecular weight excluding hydrogens is 309 g/mol. The average Bonchev–Trinajstić information content (AvgIpc) is 2.30. The van der Waals surface area contributed by atoms with E-state index in [1.165, 1.54) is 6.07 Å². The van der Waals surface area contributed by atoms with Gasteiger partial charge in [0.15, 0.2) is 0 Å². The highest BCUT2D eigenvalue weighted by molar-refractivity contribution is 9.10. The van der Waals surface area contributed by atoms with E-state index in [0.29, 0.717) is 18.5 Å². The minimum Gasteiger partial charge on any atom is -0.396 e. The van der Waals surface area contributed by atoms with Crippen LogP contribution < -0.4 is 5.32 Å². The predicted molar refractivity (Wildman–Crippen MR) is 80.9 cm³/mol. The van der Waals surface area contributed by atoms with E-state index in [1.54, 1.807) is 6.07 Å². The van der Waals surface area contributed by atoms with Crippen LogP contribution in [0.5, 0.6) is 0 Å². The average molecular weight is 332 g/mol. The fourth-order valence-electron chi connectivity index (χ4n) is 1.94. The lowest BCUT2D eigenvalue weighted by Gasteiger charge is -2.33. The number of halogens is 2. The summed E-state index contributed by atoms with van der Waals surface area (Å²) in [5.74, 6) is -0.185. The summed E-state index contributed by atoms with van der Waals surface area (Å²) < 4.78 is 14.8. The number of aliphatic hydroxyl groups excluding tert-OH is 1. The summed E-state index contributed by atoms with van der Waals surface area (Å²) >= 11 is 3.38. The number of benzene rings is 1. The van der Waals surface area contributed by atoms with Crippen LogP contribution in [0.1, 0.15) is 39.7 Å². The number of nitrogens with one attached hydrogen (secondary N) is 1. The van der Waals surface area contributed by atoms with Crippen LogP contribution in [-0.4, -0.2) is 23.8 Å². The van der Waals surface area contributed by atoms with Gasteiger partial charge in [0.2, 0.25) is 0 Å². The number of aliphatic hydroxyl groups is 1. The number of hydrogen-bond donors (Lipinski definition) is 2. The van der Waals surface area contributed by atoms with Crippen molar-refractivity contribution in [3.05, 3.63) is 34.1 Å². The van der Waals surface area contributed by atoms with Gasteiger partial charge in [0.25, 0.3) is 0 Å². The molecule has 0 bridgehead atoms. The number of hydrogen-bond acceptors (Lipinski definition) is 2. The van der Waals surface area contributed by atoms with Crippen molar-refractivity contribution in [1.82, 2.24) is 5.32 Å². The Bertz CT molecular complexity index is 432. The maximum Gasteiger partial charge on any atom is 0.127 e. The smallest absolute Gasteiger partial charge is 0.127 e. The largest absolute Gasteiger partial charge is 0.396 e. The summed E-state index contributed by atoms with van der Waals surface area (Å²) in [6.45, 7) is 8.89. The fraction of sp³-hybridized carbons (Fsp3) is 0.600. The molecule has 1 rings (SSSR count). The molecule has 108 valence electrons. The molecule has 0 aromatic heterocycles. The van der Waals surface area contributed by atoms with Crippen LogP contribution in [0.4, 0.5) is 4.39 Å². The zero-order valence-corrected chi connectivity index (χ0v) is 13.6. The van der Waals surface area contributed by atoms with E-state index < -0.39 is 0 Å². The molecule has 0 aliphatic carbocycles. The van der Waals surface area contributed by atoms with E-state index in [1.807, 2.05) is 33.8 Å². The molecule has 1 aromatic rings. The lowest BCUT2D eigenvalue weighted by Crippen LogP contribution is -2.46. The topological polar surface area (TPSA) is 32.3 Å². The van der Waals surface area contributed by atoms with E-state index in [-0.39, 0.29) is 23.4 Å². The van der Waals surface area contributed by atoms with Crippen molar-refractivity contribution in [2.45, 2.75) is 45.1 Å². The van der Waals surface area contributed by atoms with Crippen LogP contribution in [0.3, 0.4) is 0 Å². The molecule has 0 atom stereocenters. The van der Waals surface area contributed by atoms with Crippen molar-refractivity contribution < 1.29 is 9.50 Å². The van der Waals surface area contributed by atoms with Crippen LogP contribution in [0.25, 0.3) is 0 Å². The third-order valence-corrected chi connectivity index (χ3v) is 3.90. The normalized spacial score (nSPS) is 12.8. The molecule has 0 unspecified atom stereocenters. The number of rotatable bonds is 6. The molecule has 19 heavy (non-hydrogen) atoms. The SMILES string of the molecule is CC(C)(CCO)NCC(C)(C)c1cc(Br)ccc1F. The lowest BCUT2D eigenvalue weighted by atomic mass is 9.83. The van der Waals surface area contributed by atoms with E-state index in [4.69, 9.17) is 5.11 Å². The van der Waals surface area contributed by atoms with Crippen molar-refractivity contribution in [3.63, 3.8) is 0 Å². The Hall–Kier alpha value is -0.450. The molecule has 2 N–H and O–H groups in total. The summed E-state index contributed by atoms with van der Waals surface area (Å²) in [5.41, 5.74) is 0.212. The van der Waals surface area contributed by atoms with Crippen molar-refractivity contribution in [2.75, 3.05) is 13.2 Å². The van der Waals surface area contributed by atoms with Gasteiger partial charge in [-0.05, 0) is 44.0 Å². The van der Waals surface area contributed by atoms with Gasteiger partial charge in [-0.1, -0.05) is 29.8 Å². The van der Waals surface area contributed by atoms with Crippen molar-refractivity contribution in [3.8, 4) is 0 Å². The molecule has 0 amide bonds. The van der Waals surface area contributed by atoms with Gasteiger partial charge in [-0.15, -0.1) is 0 Å². The summed E-state index contributed by atoms with van der Waals surface area (Å²) in [7, 11) is 0. The highest BCUT2D eigenvalue weighted by Gasteiger charge is 2.27. The molecular formula is C15H23BrFNO. The van der Waals surface area contributed by atoms with Gasteiger partial charge in [0, 0.05) is 28.6 Å². The lowest BCUT2D eigenvalue weighted by molar-refractivity contribution is 0.223. The Morgan fingerprint density at radius 2 is 1.89 bits per heavy atom. The molecule has 4 heteroatoms. The van der Waals surface area contributed by atoms with E-state index >= 15 is 0 Å². The maximum atomic E-state index is 13.9. The Balaban J connectivity index is 2.83. The first-order valence-electron chi connectivity index (χ1n) is 6.49. The Morgan fingerprint density at radius 1 is 1.26 bits per heavy atom. The van der Waals surface area contributed by atoms with Crippen molar-refractivity contribution in [2.24, 2.45) is 0 Å². The highest BCUT2D eigenvalue weighted by atomic mass is 79.9. The summed E-state index contributed by atoms with van der Waals surface area (Å²) in [6, 6.07) is 5.02. The minimum absolute atomic E-state index is 0.145. The van der Waals surface area contributed by atoms with E-state index in [9.17, 15) is 4.39 Å². The molecule has 0 aliphatic rings. The quantitative estimate of drug-likeness (QED) is 0.834. The molecule has 1 aromatic carbocycles. The van der Waals surface area contributed by atoms with Crippen LogP contribution in [0.2, 0.25) is 0 Å². The molecule has 0 fully saturated rings. The molecule has 0 saturated carbocycles. The molecule has 0 heterocycles. The molecule has 0 aliphatic heterocycles. The fourth-order valence-corrected chi connectivity index (χ4v) is 2.30. The first-order chi connectivity index (χ1) is 8.68. The van der Waals surface area contributed by atoms with Gasteiger partial charge >= 0.3 is 0 Å². The predicted octanol–water partition coefficient (Wildman–Crippen LogP) is 3.62. The maximum absolute atomic E-state index is 13.9. The minimum atomic E-state index is -0.319. The molecule has 0 spiro atoms. The van der Waals surface area contributed by atoms with Gasteiger partial charge in [0.05, 0.1) is 0 Å². The Labute approximate surface area is 123 Å². The van der Waals surface area contributed by atoms with Crippen LogP contribution in [0.15, 0.2) is 22.7 Å². The summed E-state index contributed by atoms with van der Waals surface area (Å²) in [5, 5.41) is 12.4. The standard InChI is InChI=1S/C15H23BrFNO/c1-14(2,10-18-15(3,4)7-8-19)12-9-11(16)5-6-13(12)17/h5-6,9,18-19H,7-8,10H2,1-4H3. The summed E-state index contributed by atoms with van der Waals surface area (Å²) in [4.78, 5) is 0. The molecule has 0 radical (unpaired) electrons. The van der Waals surface area contributed by atoms with E-state index in [2.05, 4.69) is 21.2 Å². The molecule has 0 saturated heterocycles. The first-order valence-corrected chi connectivity index (χ1v) is 7.29. The zero-order valence-electron chi connectivity index (χ0n) is 12.1. The molecule has 2 nitrogen and oxygen atoms in total. The zero-order chi connectivity index (χ0) is 14.7. The van der Waals surface area contributed by atoms with Gasteiger partial charge in [-0.2, -0.15) is 0 Å². The Morgan fingerprint density at radius 3 is 2.47 bits per heavy atom. The van der Waals surface area contributed by atoms with Crippen LogP contribution in [-0.2, 0) is 5.41 Å². The van der Waals surface area contributed by atoms with Gasteiger partial charge in [-0.3, -0.25) is 0 Å². The van der Waals surface area contributed by atoms with E-state index in [0.717, 1.165) is 4.47 Å². The van der Waals surface area contributed by atoms with Crippen molar-refractivity contribution >= 4 is 15.9 Å². The second-order valence-electron chi connectivity index (χ2n) is 6.22. The van der Waals surface area contributed by atoms with Gasteiger partial charge in [0.1, 0.15) is 5.82 Å². The van der Waals surface area contributed by atoms with Gasteiger partial charge < -0.3 is 10.4 Å². The van der Waals surface area contributed by atoms with Crippen LogP contribution >= 0.6 is 15.9 Å². The second kappa shape index (κ2) is 6.33. The third-order valence-electron chi connectivity index (χ3n) is 3.40. The van der Waals surface area contributed by atoms with Crippen molar-refractivity contribution in [1.29, 1.82) is 0 Å². The first kappa shape index (κ1) is 16.6. The van der Waals surface area contributed by atoms with Gasteiger partial charge in [-0.25, -0.2) is 4.39 Å². The highest BCUT2D eigenvalue weighted by Crippen LogP contribution is 2.28. The summed E-state index contributed by atoms with van der Waals surface area (Å²) in [6.07, 6.45) is 0.671. The third kappa shape index (κ3) is 4.86. The van der Waals surface area contributed by atoms with Crippen LogP contribution in [0, 0.1) is 5.82 Å². The Kier molecular flexibility index (Phi) is 5.53. The monoisotopic (exact) mass is 331 g/mol.